The van der Waals surface area contributed by atoms with Gasteiger partial charge in [0.25, 0.3) is 0 Å². The Morgan fingerprint density at radius 1 is 1.26 bits per heavy atom. The Labute approximate surface area is 114 Å². The first-order valence-corrected chi connectivity index (χ1v) is 8.41. The van der Waals surface area contributed by atoms with Crippen LogP contribution in [0.5, 0.6) is 0 Å². The van der Waals surface area contributed by atoms with Gasteiger partial charge in [-0.25, -0.2) is 13.1 Å². The van der Waals surface area contributed by atoms with Gasteiger partial charge in [-0.15, -0.1) is 0 Å². The van der Waals surface area contributed by atoms with E-state index in [0.717, 1.165) is 18.7 Å². The first-order chi connectivity index (χ1) is 9.16. The van der Waals surface area contributed by atoms with E-state index in [-0.39, 0.29) is 12.3 Å². The van der Waals surface area contributed by atoms with Crippen molar-refractivity contribution in [2.24, 2.45) is 0 Å². The third-order valence-electron chi connectivity index (χ3n) is 3.05. The molecule has 0 spiro atoms. The van der Waals surface area contributed by atoms with Crippen molar-refractivity contribution < 1.29 is 8.42 Å². The molecule has 0 saturated heterocycles. The maximum Gasteiger partial charge on any atom is 0.211 e. The van der Waals surface area contributed by atoms with Crippen molar-refractivity contribution in [3.63, 3.8) is 0 Å². The Kier molecular flexibility index (Phi) is 5.30. The summed E-state index contributed by atoms with van der Waals surface area (Å²) in [5.41, 5.74) is 0.737. The van der Waals surface area contributed by atoms with Crippen LogP contribution < -0.4 is 10.0 Å². The van der Waals surface area contributed by atoms with Gasteiger partial charge in [-0.2, -0.15) is 0 Å². The first kappa shape index (κ1) is 14.4. The molecular formula is C13H21N3O2S. The molecule has 0 aromatic carbocycles. The highest BCUT2D eigenvalue weighted by molar-refractivity contribution is 7.89. The second-order valence-corrected chi connectivity index (χ2v) is 6.82. The van der Waals surface area contributed by atoms with Crippen molar-refractivity contribution in [3.8, 4) is 0 Å². The highest BCUT2D eigenvalue weighted by Gasteiger charge is 2.19. The van der Waals surface area contributed by atoms with E-state index < -0.39 is 10.0 Å². The largest absolute Gasteiger partial charge is 0.314 e. The SMILES string of the molecule is O=S(=O)(CCCCNC1CC1)NCc1ccccn1. The monoisotopic (exact) mass is 283 g/mol. The zero-order valence-electron chi connectivity index (χ0n) is 11.0. The summed E-state index contributed by atoms with van der Waals surface area (Å²) in [6.07, 6.45) is 5.79. The second-order valence-electron chi connectivity index (χ2n) is 4.90. The number of nitrogens with zero attached hydrogens (tertiary/aromatic N) is 1. The number of sulfonamides is 1. The standard InChI is InChI=1S/C13H21N3O2S/c17-19(18,10-4-3-9-14-12-6-7-12)16-11-13-5-1-2-8-15-13/h1-2,5,8,12,14,16H,3-4,6-7,9-11H2. The van der Waals surface area contributed by atoms with Gasteiger partial charge >= 0.3 is 0 Å². The van der Waals surface area contributed by atoms with Gasteiger partial charge in [-0.3, -0.25) is 4.98 Å². The number of aromatic nitrogens is 1. The van der Waals surface area contributed by atoms with Gasteiger partial charge in [-0.05, 0) is 44.4 Å². The van der Waals surface area contributed by atoms with E-state index >= 15 is 0 Å². The predicted molar refractivity (Wildman–Crippen MR) is 75.1 cm³/mol. The number of unbranched alkanes of at least 4 members (excludes halogenated alkanes) is 1. The minimum absolute atomic E-state index is 0.187. The van der Waals surface area contributed by atoms with Gasteiger partial charge in [0.05, 0.1) is 18.0 Å². The molecule has 2 rings (SSSR count). The molecule has 1 aromatic rings. The van der Waals surface area contributed by atoms with Crippen molar-refractivity contribution in [3.05, 3.63) is 30.1 Å². The van der Waals surface area contributed by atoms with Gasteiger partial charge in [-0.1, -0.05) is 6.07 Å². The van der Waals surface area contributed by atoms with Crippen LogP contribution in [-0.2, 0) is 16.6 Å². The molecule has 0 unspecified atom stereocenters. The van der Waals surface area contributed by atoms with E-state index in [2.05, 4.69) is 15.0 Å². The van der Waals surface area contributed by atoms with E-state index in [1.165, 1.54) is 12.8 Å². The summed E-state index contributed by atoms with van der Waals surface area (Å²) in [6, 6.07) is 6.16. The zero-order chi connectivity index (χ0) is 13.6. The fourth-order valence-electron chi connectivity index (χ4n) is 1.77. The van der Waals surface area contributed by atoms with Crippen molar-refractivity contribution in [2.45, 2.75) is 38.3 Å². The molecule has 1 heterocycles. The van der Waals surface area contributed by atoms with Crippen molar-refractivity contribution in [1.29, 1.82) is 0 Å². The topological polar surface area (TPSA) is 71.1 Å². The molecule has 106 valence electrons. The normalized spacial score (nSPS) is 15.6. The van der Waals surface area contributed by atoms with E-state index in [9.17, 15) is 8.42 Å². The van der Waals surface area contributed by atoms with Crippen LogP contribution >= 0.6 is 0 Å². The fraction of sp³-hybridized carbons (Fsp3) is 0.615. The highest BCUT2D eigenvalue weighted by Crippen LogP contribution is 2.18. The summed E-state index contributed by atoms with van der Waals surface area (Å²) in [6.45, 7) is 1.18. The van der Waals surface area contributed by atoms with Crippen LogP contribution in [0.25, 0.3) is 0 Å². The van der Waals surface area contributed by atoms with Gasteiger partial charge in [0.2, 0.25) is 10.0 Å². The van der Waals surface area contributed by atoms with Crippen LogP contribution in [0.3, 0.4) is 0 Å². The molecule has 5 nitrogen and oxygen atoms in total. The van der Waals surface area contributed by atoms with Crippen LogP contribution in [0.1, 0.15) is 31.4 Å². The third-order valence-corrected chi connectivity index (χ3v) is 4.46. The van der Waals surface area contributed by atoms with Crippen LogP contribution in [0.4, 0.5) is 0 Å². The van der Waals surface area contributed by atoms with E-state index in [1.807, 2.05) is 18.2 Å². The molecule has 0 atom stereocenters. The molecule has 1 aromatic heterocycles. The van der Waals surface area contributed by atoms with Crippen LogP contribution in [0.15, 0.2) is 24.4 Å². The summed E-state index contributed by atoms with van der Waals surface area (Å²) in [7, 11) is -3.18. The minimum atomic E-state index is -3.18. The lowest BCUT2D eigenvalue weighted by Gasteiger charge is -2.06. The van der Waals surface area contributed by atoms with Crippen LogP contribution in [0.2, 0.25) is 0 Å². The Bertz CT molecular complexity index is 472. The van der Waals surface area contributed by atoms with Crippen LogP contribution in [0, 0.1) is 0 Å². The van der Waals surface area contributed by atoms with E-state index in [1.54, 1.807) is 6.20 Å². The Hall–Kier alpha value is -0.980. The lowest BCUT2D eigenvalue weighted by Crippen LogP contribution is -2.27. The number of hydrogen-bond acceptors (Lipinski definition) is 4. The average molecular weight is 283 g/mol. The molecule has 1 saturated carbocycles. The third kappa shape index (κ3) is 6.13. The molecule has 6 heteroatoms. The average Bonchev–Trinajstić information content (AvgIpc) is 3.21. The molecule has 0 amide bonds. The number of rotatable bonds is 9. The molecule has 19 heavy (non-hydrogen) atoms. The smallest absolute Gasteiger partial charge is 0.211 e. The first-order valence-electron chi connectivity index (χ1n) is 6.76. The molecule has 2 N–H and O–H groups in total. The van der Waals surface area contributed by atoms with Crippen molar-refractivity contribution in [1.82, 2.24) is 15.0 Å². The number of pyridine rings is 1. The molecule has 1 aliphatic rings. The molecule has 1 fully saturated rings. The summed E-state index contributed by atoms with van der Waals surface area (Å²) < 4.78 is 26.1. The number of nitrogens with one attached hydrogen (secondary N) is 2. The Balaban J connectivity index is 1.60. The quantitative estimate of drug-likeness (QED) is 0.664. The van der Waals surface area contributed by atoms with Crippen LogP contribution in [-0.4, -0.2) is 31.7 Å². The Morgan fingerprint density at radius 3 is 2.79 bits per heavy atom. The van der Waals surface area contributed by atoms with E-state index in [4.69, 9.17) is 0 Å². The summed E-state index contributed by atoms with van der Waals surface area (Å²) in [5, 5.41) is 3.38. The maximum atomic E-state index is 11.8. The molecule has 0 bridgehead atoms. The maximum absolute atomic E-state index is 11.8. The summed E-state index contributed by atoms with van der Waals surface area (Å²) in [4.78, 5) is 4.08. The predicted octanol–water partition coefficient (Wildman–Crippen LogP) is 1.03. The molecule has 0 radical (unpaired) electrons. The van der Waals surface area contributed by atoms with E-state index in [0.29, 0.717) is 12.5 Å². The summed E-state index contributed by atoms with van der Waals surface area (Å²) in [5.74, 6) is 0.187. The van der Waals surface area contributed by atoms with Crippen molar-refractivity contribution in [2.75, 3.05) is 12.3 Å². The lowest BCUT2D eigenvalue weighted by molar-refractivity contribution is 0.572. The van der Waals surface area contributed by atoms with Gasteiger partial charge in [0.1, 0.15) is 0 Å². The lowest BCUT2D eigenvalue weighted by atomic mass is 10.3. The van der Waals surface area contributed by atoms with Gasteiger partial charge in [0, 0.05) is 12.2 Å². The minimum Gasteiger partial charge on any atom is -0.314 e. The zero-order valence-corrected chi connectivity index (χ0v) is 11.8. The van der Waals surface area contributed by atoms with Gasteiger partial charge < -0.3 is 5.32 Å². The second kappa shape index (κ2) is 6.98. The molecular weight excluding hydrogens is 262 g/mol. The summed E-state index contributed by atoms with van der Waals surface area (Å²) >= 11 is 0. The molecule has 1 aliphatic carbocycles. The highest BCUT2D eigenvalue weighted by atomic mass is 32.2. The number of hydrogen-bond donors (Lipinski definition) is 2. The fourth-order valence-corrected chi connectivity index (χ4v) is 2.87. The van der Waals surface area contributed by atoms with Gasteiger partial charge in [0.15, 0.2) is 0 Å². The molecule has 0 aliphatic heterocycles. The Morgan fingerprint density at radius 2 is 2.11 bits per heavy atom. The van der Waals surface area contributed by atoms with Crippen molar-refractivity contribution >= 4 is 10.0 Å².